The number of hydrogen-bond acceptors (Lipinski definition) is 3. The quantitative estimate of drug-likeness (QED) is 0.820. The number of halogens is 2. The number of benzene rings is 1. The van der Waals surface area contributed by atoms with Crippen molar-refractivity contribution in [1.82, 2.24) is 5.32 Å². The van der Waals surface area contributed by atoms with Crippen LogP contribution in [0.5, 0.6) is 0 Å². The lowest BCUT2D eigenvalue weighted by molar-refractivity contribution is 0.0872. The summed E-state index contributed by atoms with van der Waals surface area (Å²) in [6.07, 6.45) is 0. The largest absolute Gasteiger partial charge is 0.397 e. The van der Waals surface area contributed by atoms with Crippen molar-refractivity contribution in [3.63, 3.8) is 0 Å². The van der Waals surface area contributed by atoms with Crippen molar-refractivity contribution in [3.05, 3.63) is 27.7 Å². The summed E-state index contributed by atoms with van der Waals surface area (Å²) in [4.78, 5) is 11.9. The third-order valence-electron chi connectivity index (χ3n) is 2.27. The van der Waals surface area contributed by atoms with Crippen LogP contribution in [0.25, 0.3) is 0 Å². The number of ether oxygens (including phenoxy) is 1. The Labute approximate surface area is 116 Å². The summed E-state index contributed by atoms with van der Waals surface area (Å²) in [5.74, 6) is -0.257. The minimum atomic E-state index is -0.257. The van der Waals surface area contributed by atoms with Gasteiger partial charge >= 0.3 is 0 Å². The average Bonchev–Trinajstić information content (AvgIpc) is 2.32. The van der Waals surface area contributed by atoms with E-state index < -0.39 is 0 Å². The number of nitrogen functional groups attached to an aromatic ring is 1. The maximum Gasteiger partial charge on any atom is 0.251 e. The van der Waals surface area contributed by atoms with Crippen LogP contribution in [0.3, 0.4) is 0 Å². The molecule has 0 saturated carbocycles. The Morgan fingerprint density at radius 1 is 1.50 bits per heavy atom. The summed E-state index contributed by atoms with van der Waals surface area (Å²) in [6, 6.07) is 2.90. The third kappa shape index (κ3) is 4.05. The van der Waals surface area contributed by atoms with Crippen LogP contribution in [-0.2, 0) is 4.74 Å². The van der Waals surface area contributed by atoms with Gasteiger partial charge in [-0.15, -0.1) is 0 Å². The highest BCUT2D eigenvalue weighted by atomic mass is 35.5. The lowest BCUT2D eigenvalue weighted by atomic mass is 10.2. The van der Waals surface area contributed by atoms with Crippen LogP contribution in [0.15, 0.2) is 12.1 Å². The van der Waals surface area contributed by atoms with Crippen molar-refractivity contribution in [1.29, 1.82) is 0 Å². The number of amides is 1. The third-order valence-corrected chi connectivity index (χ3v) is 3.08. The Kier molecular flexibility index (Phi) is 5.72. The molecule has 1 rings (SSSR count). The second-order valence-electron chi connectivity index (χ2n) is 3.90. The molecule has 0 aliphatic heterocycles. The van der Waals surface area contributed by atoms with Gasteiger partial charge in [-0.2, -0.15) is 0 Å². The number of rotatable bonds is 5. The highest BCUT2D eigenvalue weighted by molar-refractivity contribution is 6.43. The molecule has 18 heavy (non-hydrogen) atoms. The van der Waals surface area contributed by atoms with Gasteiger partial charge in [0.25, 0.3) is 5.91 Å². The molecule has 0 saturated heterocycles. The van der Waals surface area contributed by atoms with E-state index in [-0.39, 0.29) is 27.7 Å². The molecule has 0 heterocycles. The standard InChI is InChI=1S/C12H16Cl2N2O2/c1-3-18-6-7(2)16-12(17)8-4-9(13)11(14)10(15)5-8/h4-5,7H,3,6,15H2,1-2H3,(H,16,17). The normalized spacial score (nSPS) is 12.2. The molecule has 0 fully saturated rings. The van der Waals surface area contributed by atoms with Gasteiger partial charge in [0, 0.05) is 18.2 Å². The lowest BCUT2D eigenvalue weighted by Gasteiger charge is -2.14. The Bertz CT molecular complexity index is 415. The maximum atomic E-state index is 11.9. The van der Waals surface area contributed by atoms with Gasteiger partial charge in [-0.25, -0.2) is 0 Å². The number of hydrogen-bond donors (Lipinski definition) is 2. The van der Waals surface area contributed by atoms with E-state index in [0.717, 1.165) is 0 Å². The zero-order chi connectivity index (χ0) is 13.7. The number of nitrogens with one attached hydrogen (secondary N) is 1. The van der Waals surface area contributed by atoms with Gasteiger partial charge in [0.1, 0.15) is 0 Å². The van der Waals surface area contributed by atoms with Gasteiger partial charge in [0.15, 0.2) is 0 Å². The fourth-order valence-electron chi connectivity index (χ4n) is 1.38. The SMILES string of the molecule is CCOCC(C)NC(=O)c1cc(N)c(Cl)c(Cl)c1. The molecule has 0 aliphatic rings. The van der Waals surface area contributed by atoms with Crippen molar-refractivity contribution in [3.8, 4) is 0 Å². The van der Waals surface area contributed by atoms with E-state index >= 15 is 0 Å². The molecule has 0 radical (unpaired) electrons. The Hall–Kier alpha value is -0.970. The predicted molar refractivity (Wildman–Crippen MR) is 74.3 cm³/mol. The molecule has 0 bridgehead atoms. The number of carbonyl (C=O) groups is 1. The average molecular weight is 291 g/mol. The Morgan fingerprint density at radius 3 is 2.72 bits per heavy atom. The first kappa shape index (κ1) is 15.1. The van der Waals surface area contributed by atoms with Gasteiger partial charge < -0.3 is 15.8 Å². The number of carbonyl (C=O) groups excluding carboxylic acids is 1. The first-order valence-electron chi connectivity index (χ1n) is 5.58. The smallest absolute Gasteiger partial charge is 0.251 e. The van der Waals surface area contributed by atoms with Crippen LogP contribution in [0.4, 0.5) is 5.69 Å². The zero-order valence-corrected chi connectivity index (χ0v) is 11.8. The first-order chi connectivity index (χ1) is 8.45. The van der Waals surface area contributed by atoms with Gasteiger partial charge in [-0.05, 0) is 26.0 Å². The van der Waals surface area contributed by atoms with Crippen LogP contribution in [-0.4, -0.2) is 25.2 Å². The molecular weight excluding hydrogens is 275 g/mol. The van der Waals surface area contributed by atoms with Crippen LogP contribution >= 0.6 is 23.2 Å². The van der Waals surface area contributed by atoms with Crippen molar-refractivity contribution >= 4 is 34.8 Å². The number of nitrogens with two attached hydrogens (primary N) is 1. The maximum absolute atomic E-state index is 11.9. The van der Waals surface area contributed by atoms with Crippen LogP contribution < -0.4 is 11.1 Å². The lowest BCUT2D eigenvalue weighted by Crippen LogP contribution is -2.35. The molecular formula is C12H16Cl2N2O2. The van der Waals surface area contributed by atoms with Crippen molar-refractivity contribution in [2.45, 2.75) is 19.9 Å². The molecule has 1 amide bonds. The minimum Gasteiger partial charge on any atom is -0.397 e. The molecule has 0 spiro atoms. The molecule has 1 aromatic carbocycles. The fourth-order valence-corrected chi connectivity index (χ4v) is 1.72. The van der Waals surface area contributed by atoms with Gasteiger partial charge in [-0.1, -0.05) is 23.2 Å². The van der Waals surface area contributed by atoms with E-state index in [4.69, 9.17) is 33.7 Å². The van der Waals surface area contributed by atoms with E-state index in [2.05, 4.69) is 5.32 Å². The first-order valence-corrected chi connectivity index (χ1v) is 6.34. The summed E-state index contributed by atoms with van der Waals surface area (Å²) in [5.41, 5.74) is 6.31. The Morgan fingerprint density at radius 2 is 2.17 bits per heavy atom. The monoisotopic (exact) mass is 290 g/mol. The van der Waals surface area contributed by atoms with E-state index in [9.17, 15) is 4.79 Å². The fraction of sp³-hybridized carbons (Fsp3) is 0.417. The van der Waals surface area contributed by atoms with E-state index in [1.54, 1.807) is 0 Å². The zero-order valence-electron chi connectivity index (χ0n) is 10.3. The van der Waals surface area contributed by atoms with E-state index in [1.165, 1.54) is 12.1 Å². The van der Waals surface area contributed by atoms with Gasteiger partial charge in [0.2, 0.25) is 0 Å². The molecule has 6 heteroatoms. The second-order valence-corrected chi connectivity index (χ2v) is 4.68. The summed E-state index contributed by atoms with van der Waals surface area (Å²) in [5, 5.41) is 3.31. The summed E-state index contributed by atoms with van der Waals surface area (Å²) in [6.45, 7) is 4.82. The second kappa shape index (κ2) is 6.83. The summed E-state index contributed by atoms with van der Waals surface area (Å²) < 4.78 is 5.21. The molecule has 3 N–H and O–H groups in total. The van der Waals surface area contributed by atoms with Crippen molar-refractivity contribution in [2.24, 2.45) is 0 Å². The summed E-state index contributed by atoms with van der Waals surface area (Å²) in [7, 11) is 0. The highest BCUT2D eigenvalue weighted by Gasteiger charge is 2.13. The van der Waals surface area contributed by atoms with Crippen LogP contribution in [0.2, 0.25) is 10.0 Å². The van der Waals surface area contributed by atoms with Gasteiger partial charge in [0.05, 0.1) is 22.3 Å². The van der Waals surface area contributed by atoms with Crippen molar-refractivity contribution in [2.75, 3.05) is 18.9 Å². The molecule has 1 atom stereocenters. The highest BCUT2D eigenvalue weighted by Crippen LogP contribution is 2.29. The molecule has 1 aromatic rings. The van der Waals surface area contributed by atoms with Crippen LogP contribution in [0, 0.1) is 0 Å². The molecule has 100 valence electrons. The van der Waals surface area contributed by atoms with E-state index in [0.29, 0.717) is 18.8 Å². The molecule has 0 aromatic heterocycles. The molecule has 0 aliphatic carbocycles. The van der Waals surface area contributed by atoms with Crippen molar-refractivity contribution < 1.29 is 9.53 Å². The predicted octanol–water partition coefficient (Wildman–Crippen LogP) is 2.73. The number of anilines is 1. The minimum absolute atomic E-state index is 0.0897. The molecule has 4 nitrogen and oxygen atoms in total. The van der Waals surface area contributed by atoms with E-state index in [1.807, 2.05) is 13.8 Å². The topological polar surface area (TPSA) is 64.3 Å². The van der Waals surface area contributed by atoms with Gasteiger partial charge in [-0.3, -0.25) is 4.79 Å². The van der Waals surface area contributed by atoms with Crippen LogP contribution in [0.1, 0.15) is 24.2 Å². The molecule has 1 unspecified atom stereocenters. The summed E-state index contributed by atoms with van der Waals surface area (Å²) >= 11 is 11.7. The Balaban J connectivity index is 2.73.